The van der Waals surface area contributed by atoms with E-state index in [0.717, 1.165) is 6.26 Å². The van der Waals surface area contributed by atoms with Crippen LogP contribution in [0.1, 0.15) is 5.56 Å². The number of benzene rings is 1. The molecule has 0 unspecified atom stereocenters. The number of nitro benzene ring substituents is 1. The molecule has 0 aliphatic rings. The molecule has 0 atom stereocenters. The van der Waals surface area contributed by atoms with Crippen LogP contribution >= 0.6 is 11.6 Å². The van der Waals surface area contributed by atoms with Crippen molar-refractivity contribution >= 4 is 27.3 Å². The maximum Gasteiger partial charge on any atom is 0.273 e. The van der Waals surface area contributed by atoms with Gasteiger partial charge in [-0.3, -0.25) is 10.1 Å². The summed E-state index contributed by atoms with van der Waals surface area (Å²) < 4.78 is 23.9. The monoisotopic (exact) mass is 307 g/mol. The van der Waals surface area contributed by atoms with Crippen LogP contribution in [0.15, 0.2) is 18.2 Å². The van der Waals surface area contributed by atoms with Gasteiger partial charge in [-0.15, -0.1) is 0 Å². The van der Waals surface area contributed by atoms with Crippen molar-refractivity contribution < 1.29 is 13.3 Å². The lowest BCUT2D eigenvalue weighted by Crippen LogP contribution is -2.30. The van der Waals surface area contributed by atoms with Crippen molar-refractivity contribution in [3.05, 3.63) is 38.9 Å². The van der Waals surface area contributed by atoms with Gasteiger partial charge in [0, 0.05) is 36.3 Å². The van der Waals surface area contributed by atoms with Crippen molar-refractivity contribution in [1.82, 2.24) is 10.0 Å². The molecule has 0 fully saturated rings. The molecule has 0 amide bonds. The van der Waals surface area contributed by atoms with Crippen LogP contribution in [-0.4, -0.2) is 32.7 Å². The predicted octanol–water partition coefficient (Wildman–Crippen LogP) is 0.887. The topological polar surface area (TPSA) is 101 Å². The Kier molecular flexibility index (Phi) is 5.67. The number of rotatable bonds is 7. The molecule has 0 heterocycles. The SMILES string of the molecule is CS(=O)(=O)NCCNCc1cc(Cl)ccc1[N+](=O)[O-]. The summed E-state index contributed by atoms with van der Waals surface area (Å²) in [6.07, 6.45) is 1.06. The van der Waals surface area contributed by atoms with E-state index < -0.39 is 14.9 Å². The van der Waals surface area contributed by atoms with Crippen LogP contribution in [0.25, 0.3) is 0 Å². The van der Waals surface area contributed by atoms with E-state index in [1.165, 1.54) is 18.2 Å². The molecule has 2 N–H and O–H groups in total. The van der Waals surface area contributed by atoms with Crippen LogP contribution in [0, 0.1) is 10.1 Å². The average Bonchev–Trinajstić information content (AvgIpc) is 2.26. The summed E-state index contributed by atoms with van der Waals surface area (Å²) in [4.78, 5) is 10.3. The maximum atomic E-state index is 10.8. The Morgan fingerprint density at radius 3 is 2.63 bits per heavy atom. The third-order valence-corrected chi connectivity index (χ3v) is 3.18. The number of halogens is 1. The number of nitrogens with zero attached hydrogens (tertiary/aromatic N) is 1. The zero-order valence-corrected chi connectivity index (χ0v) is 11.8. The Labute approximate surface area is 116 Å². The zero-order chi connectivity index (χ0) is 14.5. The van der Waals surface area contributed by atoms with Crippen LogP contribution in [0.4, 0.5) is 5.69 Å². The first-order valence-electron chi connectivity index (χ1n) is 5.38. The molecule has 1 rings (SSSR count). The second-order valence-electron chi connectivity index (χ2n) is 3.87. The van der Waals surface area contributed by atoms with E-state index in [2.05, 4.69) is 10.0 Å². The molecule has 0 aliphatic heterocycles. The van der Waals surface area contributed by atoms with E-state index >= 15 is 0 Å². The molecule has 0 aromatic heterocycles. The Morgan fingerprint density at radius 2 is 2.05 bits per heavy atom. The van der Waals surface area contributed by atoms with Gasteiger partial charge in [-0.05, 0) is 12.1 Å². The van der Waals surface area contributed by atoms with Crippen LogP contribution < -0.4 is 10.0 Å². The van der Waals surface area contributed by atoms with Gasteiger partial charge in [0.25, 0.3) is 5.69 Å². The summed E-state index contributed by atoms with van der Waals surface area (Å²) in [6, 6.07) is 4.30. The van der Waals surface area contributed by atoms with Crippen molar-refractivity contribution in [2.75, 3.05) is 19.3 Å². The van der Waals surface area contributed by atoms with Crippen molar-refractivity contribution in [3.63, 3.8) is 0 Å². The summed E-state index contributed by atoms with van der Waals surface area (Å²) in [6.45, 7) is 0.812. The van der Waals surface area contributed by atoms with Crippen LogP contribution in [0.2, 0.25) is 5.02 Å². The first kappa shape index (κ1) is 15.8. The van der Waals surface area contributed by atoms with E-state index in [1.54, 1.807) is 0 Å². The quantitative estimate of drug-likeness (QED) is 0.442. The third-order valence-electron chi connectivity index (χ3n) is 2.22. The lowest BCUT2D eigenvalue weighted by molar-refractivity contribution is -0.385. The summed E-state index contributed by atoms with van der Waals surface area (Å²) in [5.41, 5.74) is 0.435. The largest absolute Gasteiger partial charge is 0.311 e. The average molecular weight is 308 g/mol. The Hall–Kier alpha value is -1.22. The smallest absolute Gasteiger partial charge is 0.273 e. The van der Waals surface area contributed by atoms with Gasteiger partial charge >= 0.3 is 0 Å². The molecule has 0 radical (unpaired) electrons. The van der Waals surface area contributed by atoms with Gasteiger partial charge in [0.1, 0.15) is 0 Å². The van der Waals surface area contributed by atoms with Crippen molar-refractivity contribution in [3.8, 4) is 0 Å². The van der Waals surface area contributed by atoms with Gasteiger partial charge in [0.2, 0.25) is 10.0 Å². The number of nitro groups is 1. The summed E-state index contributed by atoms with van der Waals surface area (Å²) >= 11 is 5.78. The van der Waals surface area contributed by atoms with Gasteiger partial charge in [-0.25, -0.2) is 13.1 Å². The summed E-state index contributed by atoms with van der Waals surface area (Å²) in [5, 5.41) is 14.1. The van der Waals surface area contributed by atoms with Gasteiger partial charge < -0.3 is 5.32 Å². The lowest BCUT2D eigenvalue weighted by Gasteiger charge is -2.06. The number of nitrogens with one attached hydrogen (secondary N) is 2. The minimum Gasteiger partial charge on any atom is -0.311 e. The first-order chi connectivity index (χ1) is 8.79. The lowest BCUT2D eigenvalue weighted by atomic mass is 10.2. The highest BCUT2D eigenvalue weighted by Crippen LogP contribution is 2.22. The molecule has 7 nitrogen and oxygen atoms in total. The van der Waals surface area contributed by atoms with E-state index in [4.69, 9.17) is 11.6 Å². The minimum absolute atomic E-state index is 0.0204. The van der Waals surface area contributed by atoms with E-state index in [0.29, 0.717) is 17.1 Å². The highest BCUT2D eigenvalue weighted by Gasteiger charge is 2.13. The van der Waals surface area contributed by atoms with Crippen LogP contribution in [-0.2, 0) is 16.6 Å². The van der Waals surface area contributed by atoms with E-state index in [9.17, 15) is 18.5 Å². The van der Waals surface area contributed by atoms with Crippen LogP contribution in [0.3, 0.4) is 0 Å². The normalized spacial score (nSPS) is 11.5. The number of hydrogen-bond donors (Lipinski definition) is 2. The van der Waals surface area contributed by atoms with Crippen molar-refractivity contribution in [2.24, 2.45) is 0 Å². The molecule has 9 heteroatoms. The summed E-state index contributed by atoms with van der Waals surface area (Å²) in [5.74, 6) is 0. The highest BCUT2D eigenvalue weighted by atomic mass is 35.5. The maximum absolute atomic E-state index is 10.8. The Bertz CT molecular complexity index is 562. The fraction of sp³-hybridized carbons (Fsp3) is 0.400. The van der Waals surface area contributed by atoms with E-state index in [-0.39, 0.29) is 18.8 Å². The molecule has 0 spiro atoms. The second-order valence-corrected chi connectivity index (χ2v) is 6.14. The molecule has 106 valence electrons. The van der Waals surface area contributed by atoms with Crippen LogP contribution in [0.5, 0.6) is 0 Å². The number of sulfonamides is 1. The molecular formula is C10H14ClN3O4S. The van der Waals surface area contributed by atoms with Gasteiger partial charge in [0.15, 0.2) is 0 Å². The predicted molar refractivity (Wildman–Crippen MR) is 72.7 cm³/mol. The molecular weight excluding hydrogens is 294 g/mol. The molecule has 0 saturated carbocycles. The van der Waals surface area contributed by atoms with Crippen molar-refractivity contribution in [2.45, 2.75) is 6.54 Å². The molecule has 0 saturated heterocycles. The number of hydrogen-bond acceptors (Lipinski definition) is 5. The molecule has 1 aromatic carbocycles. The Morgan fingerprint density at radius 1 is 1.37 bits per heavy atom. The van der Waals surface area contributed by atoms with Gasteiger partial charge in [0.05, 0.1) is 11.2 Å². The fourth-order valence-corrected chi connectivity index (χ4v) is 2.09. The molecule has 0 aliphatic carbocycles. The standard InChI is InChI=1S/C10H14ClN3O4S/c1-19(17,18)13-5-4-12-7-8-6-9(11)2-3-10(8)14(15)16/h2-3,6,12-13H,4-5,7H2,1H3. The van der Waals surface area contributed by atoms with Gasteiger partial charge in [-0.1, -0.05) is 11.6 Å². The summed E-state index contributed by atoms with van der Waals surface area (Å²) in [7, 11) is -3.22. The van der Waals surface area contributed by atoms with Crippen molar-refractivity contribution in [1.29, 1.82) is 0 Å². The fourth-order valence-electron chi connectivity index (χ4n) is 1.42. The first-order valence-corrected chi connectivity index (χ1v) is 7.65. The van der Waals surface area contributed by atoms with Gasteiger partial charge in [-0.2, -0.15) is 0 Å². The zero-order valence-electron chi connectivity index (χ0n) is 10.2. The minimum atomic E-state index is -3.22. The second kappa shape index (κ2) is 6.80. The Balaban J connectivity index is 2.53. The third kappa shape index (κ3) is 5.97. The van der Waals surface area contributed by atoms with E-state index in [1.807, 2.05) is 0 Å². The molecule has 1 aromatic rings. The molecule has 19 heavy (non-hydrogen) atoms. The molecule has 0 bridgehead atoms. The highest BCUT2D eigenvalue weighted by molar-refractivity contribution is 7.88.